The molecule has 0 N–H and O–H groups in total. The average Bonchev–Trinajstić information content (AvgIpc) is 2.68. The first kappa shape index (κ1) is 35.0. The summed E-state index contributed by atoms with van der Waals surface area (Å²) in [5.74, 6) is -0.312. The third-order valence-corrected chi connectivity index (χ3v) is 5.36. The van der Waals surface area contributed by atoms with Crippen molar-refractivity contribution in [2.75, 3.05) is 33.8 Å². The highest BCUT2D eigenvalue weighted by Crippen LogP contribution is 2.13. The van der Waals surface area contributed by atoms with Crippen LogP contribution < -0.4 is 17.0 Å². The number of quaternary nitrogens is 1. The van der Waals surface area contributed by atoms with Gasteiger partial charge in [0.05, 0.1) is 33.8 Å². The zero-order valence-electron chi connectivity index (χ0n) is 21.7. The number of rotatable bonds is 19. The highest BCUT2D eigenvalue weighted by Gasteiger charge is 2.11. The third-order valence-electron chi connectivity index (χ3n) is 5.36. The van der Waals surface area contributed by atoms with Gasteiger partial charge in [-0.3, -0.25) is 0 Å². The minimum absolute atomic E-state index is 0. The predicted molar refractivity (Wildman–Crippen MR) is 134 cm³/mol. The van der Waals surface area contributed by atoms with Crippen molar-refractivity contribution >= 4 is 5.97 Å². The predicted octanol–water partition coefficient (Wildman–Crippen LogP) is 4.86. The van der Waals surface area contributed by atoms with Crippen LogP contribution in [0.15, 0.2) is 24.8 Å². The van der Waals surface area contributed by atoms with E-state index in [1.165, 1.54) is 96.4 Å². The molecule has 0 aromatic heterocycles. The fourth-order valence-corrected chi connectivity index (χ4v) is 3.43. The molecule has 0 radical (unpaired) electrons. The van der Waals surface area contributed by atoms with E-state index in [1.807, 2.05) is 6.08 Å². The molecular weight excluding hydrogens is 450 g/mol. The van der Waals surface area contributed by atoms with Crippen molar-refractivity contribution in [1.82, 2.24) is 0 Å². The number of halogens is 1. The van der Waals surface area contributed by atoms with E-state index in [4.69, 9.17) is 0 Å². The van der Waals surface area contributed by atoms with Crippen molar-refractivity contribution in [1.29, 1.82) is 0 Å². The van der Waals surface area contributed by atoms with Crippen LogP contribution in [0.4, 0.5) is 0 Å². The Hall–Kier alpha value is -0.610. The summed E-state index contributed by atoms with van der Waals surface area (Å²) in [5, 5.41) is 0. The van der Waals surface area contributed by atoms with Gasteiger partial charge in [-0.2, -0.15) is 0 Å². The highest BCUT2D eigenvalue weighted by atomic mass is 79.9. The largest absolute Gasteiger partial charge is 1.00 e. The SMILES string of the molecule is C=C(C)C(=O)OCC.C=CC[N+](C)(C)CCCCCCCCCCCCCCCC.[Br-]. The third kappa shape index (κ3) is 29.4. The summed E-state index contributed by atoms with van der Waals surface area (Å²) in [6, 6.07) is 0. The lowest BCUT2D eigenvalue weighted by Crippen LogP contribution is -3.00. The van der Waals surface area contributed by atoms with E-state index in [-0.39, 0.29) is 23.0 Å². The summed E-state index contributed by atoms with van der Waals surface area (Å²) in [4.78, 5) is 10.4. The van der Waals surface area contributed by atoms with E-state index < -0.39 is 0 Å². The maximum absolute atomic E-state index is 10.4. The maximum Gasteiger partial charge on any atom is 0.333 e. The Morgan fingerprint density at radius 2 is 1.19 bits per heavy atom. The standard InChI is InChI=1S/C21H44N.C6H10O2.BrH/c1-5-7-8-9-10-11-12-13-14-15-16-17-18-19-21-22(3,4)20-6-2;1-4-8-6(7)5(2)3;/h6H,2,5,7-21H2,1,3-4H3;2,4H2,1,3H3;1H/q+1;;/p-1. The molecule has 0 spiro atoms. The maximum atomic E-state index is 10.4. The van der Waals surface area contributed by atoms with Gasteiger partial charge in [-0.15, -0.1) is 0 Å². The van der Waals surface area contributed by atoms with Crippen molar-refractivity contribution in [3.63, 3.8) is 0 Å². The Bertz CT molecular complexity index is 421. The molecule has 0 amide bonds. The Morgan fingerprint density at radius 1 is 0.806 bits per heavy atom. The Labute approximate surface area is 206 Å². The fourth-order valence-electron chi connectivity index (χ4n) is 3.43. The summed E-state index contributed by atoms with van der Waals surface area (Å²) < 4.78 is 5.66. The van der Waals surface area contributed by atoms with Crippen LogP contribution in [-0.4, -0.2) is 44.2 Å². The number of likely N-dealkylation sites (N-methyl/N-ethyl adjacent to an activating group) is 1. The second kappa shape index (κ2) is 25.6. The molecule has 0 atom stereocenters. The molecule has 0 bridgehead atoms. The molecule has 0 aromatic carbocycles. The molecule has 0 aliphatic heterocycles. The molecule has 0 aliphatic carbocycles. The number of unbranched alkanes of at least 4 members (excludes halogenated alkanes) is 13. The number of esters is 1. The lowest BCUT2D eigenvalue weighted by molar-refractivity contribution is -0.884. The van der Waals surface area contributed by atoms with Gasteiger partial charge >= 0.3 is 5.97 Å². The summed E-state index contributed by atoms with van der Waals surface area (Å²) in [7, 11) is 4.62. The normalized spacial score (nSPS) is 10.5. The zero-order valence-corrected chi connectivity index (χ0v) is 23.2. The van der Waals surface area contributed by atoms with Gasteiger partial charge in [-0.25, -0.2) is 4.79 Å². The molecule has 31 heavy (non-hydrogen) atoms. The van der Waals surface area contributed by atoms with E-state index in [9.17, 15) is 4.79 Å². The van der Waals surface area contributed by atoms with Crippen LogP contribution in [0.25, 0.3) is 0 Å². The van der Waals surface area contributed by atoms with Gasteiger partial charge < -0.3 is 26.2 Å². The molecule has 0 rings (SSSR count). The molecule has 0 fully saturated rings. The topological polar surface area (TPSA) is 26.3 Å². The first-order chi connectivity index (χ1) is 14.3. The molecule has 186 valence electrons. The van der Waals surface area contributed by atoms with Crippen molar-refractivity contribution in [3.05, 3.63) is 24.8 Å². The van der Waals surface area contributed by atoms with E-state index in [1.54, 1.807) is 13.8 Å². The Balaban J connectivity index is -0.000000739. The highest BCUT2D eigenvalue weighted by molar-refractivity contribution is 5.86. The number of ether oxygens (including phenoxy) is 1. The number of carbonyl (C=O) groups excluding carboxylic acids is 1. The molecule has 0 unspecified atom stereocenters. The van der Waals surface area contributed by atoms with Crippen molar-refractivity contribution in [3.8, 4) is 0 Å². The summed E-state index contributed by atoms with van der Waals surface area (Å²) >= 11 is 0. The van der Waals surface area contributed by atoms with Crippen LogP contribution in [0, 0.1) is 0 Å². The minimum Gasteiger partial charge on any atom is -1.00 e. The first-order valence-corrected chi connectivity index (χ1v) is 12.6. The van der Waals surface area contributed by atoms with Crippen molar-refractivity contribution in [2.24, 2.45) is 0 Å². The van der Waals surface area contributed by atoms with Gasteiger partial charge in [0.25, 0.3) is 0 Å². The smallest absolute Gasteiger partial charge is 0.333 e. The van der Waals surface area contributed by atoms with Gasteiger partial charge in [0.15, 0.2) is 0 Å². The molecular formula is C27H54BrNO2. The van der Waals surface area contributed by atoms with Crippen LogP contribution in [0.3, 0.4) is 0 Å². The van der Waals surface area contributed by atoms with Gasteiger partial charge in [0, 0.05) is 5.57 Å². The molecule has 0 saturated heterocycles. The van der Waals surface area contributed by atoms with Crippen molar-refractivity contribution < 1.29 is 31.0 Å². The minimum atomic E-state index is -0.312. The van der Waals surface area contributed by atoms with Crippen molar-refractivity contribution in [2.45, 2.75) is 111 Å². The lowest BCUT2D eigenvalue weighted by atomic mass is 10.0. The van der Waals surface area contributed by atoms with E-state index >= 15 is 0 Å². The summed E-state index contributed by atoms with van der Waals surface area (Å²) in [5.41, 5.74) is 0.451. The number of nitrogens with zero attached hydrogens (tertiary/aromatic N) is 1. The van der Waals surface area contributed by atoms with Gasteiger partial charge in [0.2, 0.25) is 0 Å². The second-order valence-electron chi connectivity index (χ2n) is 9.23. The summed E-state index contributed by atoms with van der Waals surface area (Å²) in [6.45, 7) is 15.7. The van der Waals surface area contributed by atoms with Gasteiger partial charge in [-0.1, -0.05) is 97.1 Å². The molecule has 0 aliphatic rings. The number of carbonyl (C=O) groups is 1. The molecule has 0 heterocycles. The Morgan fingerprint density at radius 3 is 1.48 bits per heavy atom. The average molecular weight is 505 g/mol. The quantitative estimate of drug-likeness (QED) is 0.0826. The molecule has 4 heteroatoms. The second-order valence-corrected chi connectivity index (χ2v) is 9.23. The first-order valence-electron chi connectivity index (χ1n) is 12.6. The van der Waals surface area contributed by atoms with E-state index in [0.29, 0.717) is 12.2 Å². The van der Waals surface area contributed by atoms with E-state index in [2.05, 4.69) is 38.9 Å². The van der Waals surface area contributed by atoms with Gasteiger partial charge in [0.1, 0.15) is 0 Å². The number of hydrogen-bond acceptors (Lipinski definition) is 2. The monoisotopic (exact) mass is 503 g/mol. The number of hydrogen-bond donors (Lipinski definition) is 0. The van der Waals surface area contributed by atoms with Crippen LogP contribution in [0.2, 0.25) is 0 Å². The zero-order chi connectivity index (χ0) is 23.1. The molecule has 3 nitrogen and oxygen atoms in total. The Kier molecular flexibility index (Phi) is 29.0. The fraction of sp³-hybridized carbons (Fsp3) is 0.815. The lowest BCUT2D eigenvalue weighted by Gasteiger charge is -2.28. The summed E-state index contributed by atoms with van der Waals surface area (Å²) in [6.07, 6.45) is 22.2. The van der Waals surface area contributed by atoms with Crippen LogP contribution in [0.5, 0.6) is 0 Å². The van der Waals surface area contributed by atoms with Crippen LogP contribution in [-0.2, 0) is 9.53 Å². The van der Waals surface area contributed by atoms with Crippen LogP contribution >= 0.6 is 0 Å². The molecule has 0 aromatic rings. The van der Waals surface area contributed by atoms with E-state index in [0.717, 1.165) is 11.0 Å². The van der Waals surface area contributed by atoms with Crippen LogP contribution in [0.1, 0.15) is 111 Å². The van der Waals surface area contributed by atoms with Gasteiger partial charge in [-0.05, 0) is 32.8 Å². The molecule has 0 saturated carbocycles.